The SMILES string of the molecule is C=CCn1c(NC2CCN(C)CC2)nc2sc3c(c2c1=O)CCCC3. The Morgan fingerprint density at radius 2 is 2.08 bits per heavy atom. The van der Waals surface area contributed by atoms with Crippen molar-refractivity contribution in [1.29, 1.82) is 0 Å². The molecular weight excluding hydrogens is 332 g/mol. The smallest absolute Gasteiger partial charge is 0.264 e. The lowest BCUT2D eigenvalue weighted by Gasteiger charge is -2.30. The summed E-state index contributed by atoms with van der Waals surface area (Å²) in [6.45, 7) is 6.50. The maximum atomic E-state index is 13.2. The molecule has 6 heteroatoms. The summed E-state index contributed by atoms with van der Waals surface area (Å²) in [4.78, 5) is 22.7. The molecule has 5 nitrogen and oxygen atoms in total. The number of nitrogens with zero attached hydrogens (tertiary/aromatic N) is 3. The Bertz CT molecular complexity index is 845. The molecule has 1 aliphatic heterocycles. The summed E-state index contributed by atoms with van der Waals surface area (Å²) in [6.07, 6.45) is 8.46. The average Bonchev–Trinajstić information content (AvgIpc) is 2.98. The highest BCUT2D eigenvalue weighted by Gasteiger charge is 2.23. The first-order chi connectivity index (χ1) is 12.2. The van der Waals surface area contributed by atoms with Gasteiger partial charge in [0, 0.05) is 17.5 Å². The van der Waals surface area contributed by atoms with Gasteiger partial charge in [-0.15, -0.1) is 17.9 Å². The fraction of sp³-hybridized carbons (Fsp3) is 0.579. The Kier molecular flexibility index (Phi) is 4.65. The van der Waals surface area contributed by atoms with Gasteiger partial charge in [0.25, 0.3) is 5.56 Å². The van der Waals surface area contributed by atoms with Crippen molar-refractivity contribution in [3.8, 4) is 0 Å². The van der Waals surface area contributed by atoms with Crippen molar-refractivity contribution >= 4 is 27.5 Å². The van der Waals surface area contributed by atoms with E-state index in [0.717, 1.165) is 49.0 Å². The van der Waals surface area contributed by atoms with Crippen LogP contribution in [0.15, 0.2) is 17.4 Å². The van der Waals surface area contributed by atoms with Crippen molar-refractivity contribution in [2.24, 2.45) is 0 Å². The molecule has 134 valence electrons. The van der Waals surface area contributed by atoms with E-state index in [1.165, 1.54) is 23.3 Å². The highest BCUT2D eigenvalue weighted by molar-refractivity contribution is 7.18. The second-order valence-corrected chi connectivity index (χ2v) is 8.34. The van der Waals surface area contributed by atoms with E-state index < -0.39 is 0 Å². The highest BCUT2D eigenvalue weighted by Crippen LogP contribution is 2.34. The fourth-order valence-corrected chi connectivity index (χ4v) is 5.23. The lowest BCUT2D eigenvalue weighted by molar-refractivity contribution is 0.263. The molecule has 25 heavy (non-hydrogen) atoms. The first-order valence-electron chi connectivity index (χ1n) is 9.28. The van der Waals surface area contributed by atoms with Crippen LogP contribution in [0.1, 0.15) is 36.1 Å². The summed E-state index contributed by atoms with van der Waals surface area (Å²) in [5.74, 6) is 0.713. The number of rotatable bonds is 4. The van der Waals surface area contributed by atoms with Crippen LogP contribution < -0.4 is 10.9 Å². The number of piperidine rings is 1. The van der Waals surface area contributed by atoms with Gasteiger partial charge in [0.15, 0.2) is 0 Å². The van der Waals surface area contributed by atoms with Crippen molar-refractivity contribution in [2.75, 3.05) is 25.5 Å². The van der Waals surface area contributed by atoms with E-state index in [4.69, 9.17) is 4.98 Å². The van der Waals surface area contributed by atoms with Crippen LogP contribution in [-0.4, -0.2) is 40.6 Å². The molecule has 2 aromatic heterocycles. The molecule has 2 aliphatic rings. The molecule has 0 saturated carbocycles. The third kappa shape index (κ3) is 3.13. The van der Waals surface area contributed by atoms with Gasteiger partial charge in [-0.1, -0.05) is 6.08 Å². The summed E-state index contributed by atoms with van der Waals surface area (Å²) >= 11 is 1.72. The van der Waals surface area contributed by atoms with Gasteiger partial charge in [-0.25, -0.2) is 4.98 Å². The Morgan fingerprint density at radius 1 is 1.32 bits per heavy atom. The Labute approximate surface area is 152 Å². The second-order valence-electron chi connectivity index (χ2n) is 7.25. The minimum absolute atomic E-state index is 0.0970. The number of allylic oxidation sites excluding steroid dienone is 1. The Morgan fingerprint density at radius 3 is 2.84 bits per heavy atom. The van der Waals surface area contributed by atoms with Crippen molar-refractivity contribution in [2.45, 2.75) is 51.1 Å². The van der Waals surface area contributed by atoms with Crippen LogP contribution >= 0.6 is 11.3 Å². The second kappa shape index (κ2) is 6.92. The lowest BCUT2D eigenvalue weighted by atomic mass is 9.97. The number of fused-ring (bicyclic) bond motifs is 3. The van der Waals surface area contributed by atoms with Gasteiger partial charge in [-0.2, -0.15) is 0 Å². The molecule has 4 rings (SSSR count). The van der Waals surface area contributed by atoms with Gasteiger partial charge in [-0.3, -0.25) is 9.36 Å². The minimum atomic E-state index is 0.0970. The van der Waals surface area contributed by atoms with E-state index in [-0.39, 0.29) is 5.56 Å². The molecule has 1 fully saturated rings. The third-order valence-electron chi connectivity index (χ3n) is 5.44. The average molecular weight is 359 g/mol. The predicted molar refractivity (Wildman–Crippen MR) is 105 cm³/mol. The van der Waals surface area contributed by atoms with E-state index in [2.05, 4.69) is 23.8 Å². The van der Waals surface area contributed by atoms with Crippen molar-refractivity contribution < 1.29 is 0 Å². The molecule has 0 atom stereocenters. The Hall–Kier alpha value is -1.66. The van der Waals surface area contributed by atoms with Crippen LogP contribution in [0.4, 0.5) is 5.95 Å². The van der Waals surface area contributed by atoms with Crippen molar-refractivity contribution in [3.05, 3.63) is 33.4 Å². The molecule has 0 amide bonds. The van der Waals surface area contributed by atoms with Gasteiger partial charge in [0.2, 0.25) is 5.95 Å². The first kappa shape index (κ1) is 16.8. The number of hydrogen-bond acceptors (Lipinski definition) is 5. The van der Waals surface area contributed by atoms with Crippen LogP contribution in [-0.2, 0) is 19.4 Å². The van der Waals surface area contributed by atoms with Gasteiger partial charge in [0.05, 0.1) is 5.39 Å². The van der Waals surface area contributed by atoms with Gasteiger partial charge < -0.3 is 10.2 Å². The van der Waals surface area contributed by atoms with Gasteiger partial charge in [-0.05, 0) is 64.2 Å². The van der Waals surface area contributed by atoms with Gasteiger partial charge >= 0.3 is 0 Å². The fourth-order valence-electron chi connectivity index (χ4n) is 3.98. The van der Waals surface area contributed by atoms with E-state index in [1.807, 2.05) is 0 Å². The molecule has 3 heterocycles. The molecule has 0 radical (unpaired) electrons. The van der Waals surface area contributed by atoms with Crippen LogP contribution in [0.25, 0.3) is 10.2 Å². The Balaban J connectivity index is 1.76. The number of aryl methyl sites for hydroxylation is 2. The van der Waals surface area contributed by atoms with Crippen LogP contribution in [0, 0.1) is 0 Å². The standard InChI is InChI=1S/C19H26N4OS/c1-3-10-23-18(24)16-14-6-4-5-7-15(14)25-17(16)21-19(23)20-13-8-11-22(2)12-9-13/h3,13H,1,4-12H2,2H3,(H,20,21). The molecule has 0 aromatic carbocycles. The largest absolute Gasteiger partial charge is 0.353 e. The zero-order valence-electron chi connectivity index (χ0n) is 14.9. The van der Waals surface area contributed by atoms with Crippen LogP contribution in [0.5, 0.6) is 0 Å². The summed E-state index contributed by atoms with van der Waals surface area (Å²) in [5.41, 5.74) is 1.35. The zero-order valence-corrected chi connectivity index (χ0v) is 15.7. The summed E-state index contributed by atoms with van der Waals surface area (Å²) < 4.78 is 1.77. The first-order valence-corrected chi connectivity index (χ1v) is 10.1. The maximum absolute atomic E-state index is 13.2. The predicted octanol–water partition coefficient (Wildman–Crippen LogP) is 3.03. The van der Waals surface area contributed by atoms with Gasteiger partial charge in [0.1, 0.15) is 4.83 Å². The molecule has 0 unspecified atom stereocenters. The summed E-state index contributed by atoms with van der Waals surface area (Å²) in [7, 11) is 2.16. The molecule has 1 saturated heterocycles. The minimum Gasteiger partial charge on any atom is -0.353 e. The van der Waals surface area contributed by atoms with E-state index >= 15 is 0 Å². The molecular formula is C19H26N4OS. The zero-order chi connectivity index (χ0) is 17.4. The number of anilines is 1. The van der Waals surface area contributed by atoms with Crippen LogP contribution in [0.3, 0.4) is 0 Å². The van der Waals surface area contributed by atoms with Crippen LogP contribution in [0.2, 0.25) is 0 Å². The summed E-state index contributed by atoms with van der Waals surface area (Å²) in [5, 5.41) is 4.41. The monoisotopic (exact) mass is 358 g/mol. The number of aromatic nitrogens is 2. The molecule has 0 bridgehead atoms. The number of likely N-dealkylation sites (tertiary alicyclic amines) is 1. The molecule has 1 aliphatic carbocycles. The number of nitrogens with one attached hydrogen (secondary N) is 1. The highest BCUT2D eigenvalue weighted by atomic mass is 32.1. The summed E-state index contributed by atoms with van der Waals surface area (Å²) in [6, 6.07) is 0.381. The van der Waals surface area contributed by atoms with E-state index in [1.54, 1.807) is 22.0 Å². The number of hydrogen-bond donors (Lipinski definition) is 1. The normalized spacial score (nSPS) is 19.1. The lowest BCUT2D eigenvalue weighted by Crippen LogP contribution is -2.38. The molecule has 0 spiro atoms. The quantitative estimate of drug-likeness (QED) is 0.854. The topological polar surface area (TPSA) is 50.2 Å². The number of thiophene rings is 1. The molecule has 1 N–H and O–H groups in total. The van der Waals surface area contributed by atoms with Crippen molar-refractivity contribution in [3.63, 3.8) is 0 Å². The maximum Gasteiger partial charge on any atom is 0.264 e. The van der Waals surface area contributed by atoms with E-state index in [0.29, 0.717) is 18.5 Å². The van der Waals surface area contributed by atoms with Crippen molar-refractivity contribution in [1.82, 2.24) is 14.5 Å². The third-order valence-corrected chi connectivity index (χ3v) is 6.62. The molecule has 2 aromatic rings. The van der Waals surface area contributed by atoms with E-state index in [9.17, 15) is 4.79 Å².